The van der Waals surface area contributed by atoms with Gasteiger partial charge in [-0.05, 0) is 48.8 Å². The average Bonchev–Trinajstić information content (AvgIpc) is 2.53. The molecule has 0 aliphatic carbocycles. The van der Waals surface area contributed by atoms with Gasteiger partial charge in [0.2, 0.25) is 0 Å². The van der Waals surface area contributed by atoms with Gasteiger partial charge in [0.1, 0.15) is 0 Å². The minimum atomic E-state index is -1.07. The molecule has 0 saturated heterocycles. The maximum atomic E-state index is 12.4. The number of aromatic carboxylic acids is 1. The zero-order valence-electron chi connectivity index (χ0n) is 15.7. The highest BCUT2D eigenvalue weighted by atomic mass is 79.9. The summed E-state index contributed by atoms with van der Waals surface area (Å²) in [7, 11) is 0. The summed E-state index contributed by atoms with van der Waals surface area (Å²) in [5.74, 6) is -1.06. The Morgan fingerprint density at radius 3 is 2.40 bits per heavy atom. The van der Waals surface area contributed by atoms with Gasteiger partial charge >= 0.3 is 11.9 Å². The number of rotatable bonds is 10. The molecule has 25 heavy (non-hydrogen) atoms. The minimum absolute atomic E-state index is 0.102. The lowest BCUT2D eigenvalue weighted by Gasteiger charge is -2.18. The molecule has 4 nitrogen and oxygen atoms in total. The summed E-state index contributed by atoms with van der Waals surface area (Å²) < 4.78 is 6.04. The first-order valence-corrected chi connectivity index (χ1v) is 9.87. The van der Waals surface area contributed by atoms with Crippen molar-refractivity contribution in [3.8, 4) is 0 Å². The van der Waals surface area contributed by atoms with Crippen LogP contribution in [0.1, 0.15) is 85.2 Å². The number of carboxylic acid groups (broad SMARTS) is 1. The van der Waals surface area contributed by atoms with Crippen molar-refractivity contribution in [1.29, 1.82) is 0 Å². The molecule has 0 bridgehead atoms. The fourth-order valence-electron chi connectivity index (χ4n) is 2.88. The number of hydrogen-bond acceptors (Lipinski definition) is 3. The van der Waals surface area contributed by atoms with Crippen molar-refractivity contribution < 1.29 is 19.4 Å². The Labute approximate surface area is 159 Å². The van der Waals surface area contributed by atoms with Crippen LogP contribution in [0.15, 0.2) is 10.5 Å². The van der Waals surface area contributed by atoms with Crippen molar-refractivity contribution in [3.05, 3.63) is 32.8 Å². The van der Waals surface area contributed by atoms with Crippen molar-refractivity contribution in [3.63, 3.8) is 0 Å². The lowest BCUT2D eigenvalue weighted by Crippen LogP contribution is -2.17. The largest absolute Gasteiger partial charge is 0.478 e. The van der Waals surface area contributed by atoms with Crippen LogP contribution in [0.25, 0.3) is 0 Å². The molecular formula is C20H29BrO4. The molecule has 1 rings (SSSR count). The second-order valence-electron chi connectivity index (χ2n) is 6.67. The summed E-state index contributed by atoms with van der Waals surface area (Å²) in [6, 6.07) is 1.60. The van der Waals surface area contributed by atoms with Crippen LogP contribution in [-0.4, -0.2) is 23.7 Å². The molecule has 0 aliphatic rings. The number of hydrogen-bond donors (Lipinski definition) is 1. The van der Waals surface area contributed by atoms with Gasteiger partial charge in [0.05, 0.1) is 17.7 Å². The van der Waals surface area contributed by atoms with E-state index in [9.17, 15) is 14.7 Å². The molecule has 0 saturated carbocycles. The van der Waals surface area contributed by atoms with Crippen LogP contribution in [0.2, 0.25) is 0 Å². The molecule has 0 fully saturated rings. The Balaban J connectivity index is 3.30. The summed E-state index contributed by atoms with van der Waals surface area (Å²) in [5, 5.41) is 9.76. The van der Waals surface area contributed by atoms with E-state index in [0.29, 0.717) is 25.4 Å². The maximum absolute atomic E-state index is 12.4. The Morgan fingerprint density at radius 2 is 1.88 bits per heavy atom. The highest BCUT2D eigenvalue weighted by Gasteiger charge is 2.25. The first kappa shape index (κ1) is 21.7. The number of halogens is 1. The second-order valence-corrected chi connectivity index (χ2v) is 7.53. The van der Waals surface area contributed by atoms with Gasteiger partial charge in [-0.25, -0.2) is 9.59 Å². The third kappa shape index (κ3) is 6.14. The monoisotopic (exact) mass is 412 g/mol. The van der Waals surface area contributed by atoms with E-state index in [1.165, 1.54) is 0 Å². The zero-order valence-corrected chi connectivity index (χ0v) is 17.2. The van der Waals surface area contributed by atoms with E-state index in [1.807, 2.05) is 13.8 Å². The Bertz CT molecular complexity index is 608. The van der Waals surface area contributed by atoms with Gasteiger partial charge in [-0.15, -0.1) is 0 Å². The fraction of sp³-hybridized carbons (Fsp3) is 0.600. The standard InChI is InChI=1S/C20H29BrO4/c1-5-7-11-25-20(24)16-12-17(21)14(6-2)15(18(16)19(22)23)10-8-9-13(3)4/h12-13H,5-11H2,1-4H3,(H,22,23). The number of carboxylic acids is 1. The van der Waals surface area contributed by atoms with E-state index >= 15 is 0 Å². The Kier molecular flexibility index (Phi) is 9.19. The predicted octanol–water partition coefficient (Wildman–Crippen LogP) is 5.65. The topological polar surface area (TPSA) is 63.6 Å². The molecule has 140 valence electrons. The van der Waals surface area contributed by atoms with Crippen LogP contribution in [0.3, 0.4) is 0 Å². The van der Waals surface area contributed by atoms with Crippen molar-refractivity contribution in [2.75, 3.05) is 6.61 Å². The molecule has 1 aromatic rings. The fourth-order valence-corrected chi connectivity index (χ4v) is 3.63. The highest BCUT2D eigenvalue weighted by molar-refractivity contribution is 9.10. The first-order chi connectivity index (χ1) is 11.8. The molecule has 1 N–H and O–H groups in total. The van der Waals surface area contributed by atoms with Crippen molar-refractivity contribution in [2.45, 2.75) is 66.2 Å². The number of benzene rings is 1. The van der Waals surface area contributed by atoms with E-state index in [1.54, 1.807) is 6.07 Å². The van der Waals surface area contributed by atoms with Gasteiger partial charge in [-0.1, -0.05) is 56.5 Å². The number of ether oxygens (including phenoxy) is 1. The van der Waals surface area contributed by atoms with E-state index in [0.717, 1.165) is 41.3 Å². The normalized spacial score (nSPS) is 11.0. The van der Waals surface area contributed by atoms with E-state index in [-0.39, 0.29) is 11.1 Å². The first-order valence-electron chi connectivity index (χ1n) is 9.08. The lowest BCUT2D eigenvalue weighted by atomic mass is 9.90. The van der Waals surface area contributed by atoms with Gasteiger partial charge < -0.3 is 9.84 Å². The van der Waals surface area contributed by atoms with Gasteiger partial charge in [-0.2, -0.15) is 0 Å². The molecule has 0 amide bonds. The minimum Gasteiger partial charge on any atom is -0.478 e. The number of carbonyl (C=O) groups excluding carboxylic acids is 1. The van der Waals surface area contributed by atoms with Crippen LogP contribution in [0.5, 0.6) is 0 Å². The summed E-state index contributed by atoms with van der Waals surface area (Å²) >= 11 is 3.51. The summed E-state index contributed by atoms with van der Waals surface area (Å²) in [5.41, 5.74) is 1.97. The molecule has 0 unspecified atom stereocenters. The van der Waals surface area contributed by atoms with Crippen LogP contribution < -0.4 is 0 Å². The van der Waals surface area contributed by atoms with Crippen molar-refractivity contribution in [1.82, 2.24) is 0 Å². The lowest BCUT2D eigenvalue weighted by molar-refractivity contribution is 0.0489. The maximum Gasteiger partial charge on any atom is 0.339 e. The predicted molar refractivity (Wildman–Crippen MR) is 103 cm³/mol. The quantitative estimate of drug-likeness (QED) is 0.398. The van der Waals surface area contributed by atoms with Gasteiger partial charge in [0, 0.05) is 4.47 Å². The third-order valence-corrected chi connectivity index (χ3v) is 4.93. The van der Waals surface area contributed by atoms with Crippen molar-refractivity contribution >= 4 is 27.9 Å². The van der Waals surface area contributed by atoms with E-state index in [4.69, 9.17) is 4.74 Å². The van der Waals surface area contributed by atoms with E-state index < -0.39 is 11.9 Å². The molecule has 0 aromatic heterocycles. The number of carbonyl (C=O) groups is 2. The van der Waals surface area contributed by atoms with Gasteiger partial charge in [-0.3, -0.25) is 0 Å². The summed E-state index contributed by atoms with van der Waals surface area (Å²) in [4.78, 5) is 24.4. The zero-order chi connectivity index (χ0) is 19.0. The molecule has 1 aromatic carbocycles. The highest BCUT2D eigenvalue weighted by Crippen LogP contribution is 2.30. The third-order valence-electron chi connectivity index (χ3n) is 4.22. The molecule has 5 heteroatoms. The van der Waals surface area contributed by atoms with Crippen LogP contribution >= 0.6 is 15.9 Å². The van der Waals surface area contributed by atoms with Crippen molar-refractivity contribution in [2.24, 2.45) is 5.92 Å². The van der Waals surface area contributed by atoms with Gasteiger partial charge in [0.25, 0.3) is 0 Å². The molecule has 0 atom stereocenters. The SMILES string of the molecule is CCCCOC(=O)c1cc(Br)c(CC)c(CCCC(C)C)c1C(=O)O. The van der Waals surface area contributed by atoms with Crippen LogP contribution in [0, 0.1) is 5.92 Å². The molecular weight excluding hydrogens is 384 g/mol. The van der Waals surface area contributed by atoms with Gasteiger partial charge in [0.15, 0.2) is 0 Å². The average molecular weight is 413 g/mol. The Morgan fingerprint density at radius 1 is 1.20 bits per heavy atom. The second kappa shape index (κ2) is 10.6. The van der Waals surface area contributed by atoms with Crippen LogP contribution in [-0.2, 0) is 17.6 Å². The Hall–Kier alpha value is -1.36. The smallest absolute Gasteiger partial charge is 0.339 e. The summed E-state index contributed by atoms with van der Waals surface area (Å²) in [6.45, 7) is 8.61. The number of esters is 1. The molecule has 0 spiro atoms. The summed E-state index contributed by atoms with van der Waals surface area (Å²) in [6.07, 6.45) is 4.96. The number of unbranched alkanes of at least 4 members (excludes halogenated alkanes) is 1. The molecule has 0 radical (unpaired) electrons. The van der Waals surface area contributed by atoms with E-state index in [2.05, 4.69) is 29.8 Å². The van der Waals surface area contributed by atoms with Crippen LogP contribution in [0.4, 0.5) is 0 Å². The molecule has 0 aliphatic heterocycles. The molecule has 0 heterocycles.